The van der Waals surface area contributed by atoms with Gasteiger partial charge in [-0.1, -0.05) is 11.3 Å². The third kappa shape index (κ3) is 2.79. The van der Waals surface area contributed by atoms with Crippen molar-refractivity contribution in [3.63, 3.8) is 0 Å². The van der Waals surface area contributed by atoms with Crippen molar-refractivity contribution in [3.8, 4) is 5.75 Å². The van der Waals surface area contributed by atoms with E-state index in [2.05, 4.69) is 4.74 Å². The molecule has 1 heterocycles. The van der Waals surface area contributed by atoms with Gasteiger partial charge in [0.1, 0.15) is 0 Å². The Morgan fingerprint density at radius 1 is 1.61 bits per heavy atom. The monoisotopic (exact) mass is 271 g/mol. The van der Waals surface area contributed by atoms with E-state index in [1.807, 2.05) is 0 Å². The van der Waals surface area contributed by atoms with Crippen LogP contribution in [0.5, 0.6) is 5.75 Å². The van der Waals surface area contributed by atoms with E-state index in [1.165, 1.54) is 7.11 Å². The molecule has 6 nitrogen and oxygen atoms in total. The van der Waals surface area contributed by atoms with E-state index in [0.29, 0.717) is 13.0 Å². The van der Waals surface area contributed by atoms with Gasteiger partial charge in [0.15, 0.2) is 0 Å². The zero-order chi connectivity index (χ0) is 13.2. The number of methoxy groups -OCH3 is 1. The Bertz CT molecular complexity index is 466. The minimum Gasteiger partial charge on any atom is -0.486 e. The summed E-state index contributed by atoms with van der Waals surface area (Å²) in [5.74, 6) is 0.0112. The molecule has 18 heavy (non-hydrogen) atoms. The molecule has 1 aromatic heterocycles. The van der Waals surface area contributed by atoms with Gasteiger partial charge >= 0.3 is 11.0 Å². The predicted molar refractivity (Wildman–Crippen MR) is 64.8 cm³/mol. The van der Waals surface area contributed by atoms with E-state index in [0.717, 1.165) is 24.2 Å². The van der Waals surface area contributed by atoms with Crippen molar-refractivity contribution in [2.24, 2.45) is 5.41 Å². The van der Waals surface area contributed by atoms with Crippen LogP contribution >= 0.6 is 11.3 Å². The second-order valence-corrected chi connectivity index (χ2v) is 5.28. The molecule has 0 spiro atoms. The minimum absolute atomic E-state index is 0.00358. The number of carbonyl (C=O) groups excluding carboxylic acids is 1. The number of hydrogen-bond acceptors (Lipinski definition) is 6. The number of rotatable bonds is 6. The molecule has 0 atom stereocenters. The molecule has 1 aromatic rings. The second kappa shape index (κ2) is 4.93. The highest BCUT2D eigenvalue weighted by molar-refractivity contribution is 7.13. The fourth-order valence-corrected chi connectivity index (χ4v) is 2.34. The minimum atomic E-state index is -0.458. The van der Waals surface area contributed by atoms with Gasteiger partial charge in [-0.3, -0.25) is 14.9 Å². The van der Waals surface area contributed by atoms with Crippen LogP contribution in [0.15, 0.2) is 11.4 Å². The number of hydrogen-bond donors (Lipinski definition) is 0. The molecule has 1 aliphatic carbocycles. The lowest BCUT2D eigenvalue weighted by molar-refractivity contribution is -0.381. The van der Waals surface area contributed by atoms with Crippen LogP contribution in [0.2, 0.25) is 0 Å². The summed E-state index contributed by atoms with van der Waals surface area (Å²) in [7, 11) is 1.35. The molecule has 0 aliphatic heterocycles. The van der Waals surface area contributed by atoms with Crippen molar-refractivity contribution in [3.05, 3.63) is 21.6 Å². The molecule has 0 bridgehead atoms. The first kappa shape index (κ1) is 12.8. The highest BCUT2D eigenvalue weighted by Gasteiger charge is 2.46. The molecule has 0 N–H and O–H groups in total. The molecular weight excluding hydrogens is 258 g/mol. The molecule has 0 amide bonds. The SMILES string of the molecule is COC(=O)CC1(COc2ccsc2[N+](=O)[O-])CC1. The number of thiophene rings is 1. The van der Waals surface area contributed by atoms with Gasteiger partial charge in [0.25, 0.3) is 0 Å². The smallest absolute Gasteiger partial charge is 0.365 e. The summed E-state index contributed by atoms with van der Waals surface area (Å²) in [6.07, 6.45) is 2.08. The largest absolute Gasteiger partial charge is 0.486 e. The van der Waals surface area contributed by atoms with Gasteiger partial charge in [-0.15, -0.1) is 0 Å². The predicted octanol–water partition coefficient (Wildman–Crippen LogP) is 2.38. The number of esters is 1. The molecule has 1 saturated carbocycles. The van der Waals surface area contributed by atoms with Gasteiger partial charge in [0.05, 0.1) is 25.1 Å². The molecule has 98 valence electrons. The lowest BCUT2D eigenvalue weighted by Crippen LogP contribution is -2.18. The summed E-state index contributed by atoms with van der Waals surface area (Å²) in [5.41, 5.74) is -0.192. The van der Waals surface area contributed by atoms with E-state index in [9.17, 15) is 14.9 Å². The van der Waals surface area contributed by atoms with Crippen molar-refractivity contribution < 1.29 is 19.2 Å². The number of carbonyl (C=O) groups is 1. The molecule has 1 aliphatic rings. The summed E-state index contributed by atoms with van der Waals surface area (Å²) >= 11 is 1.03. The zero-order valence-electron chi connectivity index (χ0n) is 9.88. The summed E-state index contributed by atoms with van der Waals surface area (Å²) in [6.45, 7) is 0.319. The first-order chi connectivity index (χ1) is 8.56. The highest BCUT2D eigenvalue weighted by Crippen LogP contribution is 2.49. The molecule has 0 radical (unpaired) electrons. The third-order valence-corrected chi connectivity index (χ3v) is 3.86. The molecule has 1 fully saturated rings. The van der Waals surface area contributed by atoms with Crippen LogP contribution in [0.4, 0.5) is 5.00 Å². The number of nitro groups is 1. The van der Waals surface area contributed by atoms with E-state index >= 15 is 0 Å². The summed E-state index contributed by atoms with van der Waals surface area (Å²) < 4.78 is 10.1. The summed E-state index contributed by atoms with van der Waals surface area (Å²) in [6, 6.07) is 1.58. The summed E-state index contributed by atoms with van der Waals surface area (Å²) in [4.78, 5) is 21.5. The fourth-order valence-electron chi connectivity index (χ4n) is 1.69. The van der Waals surface area contributed by atoms with Crippen LogP contribution in [0, 0.1) is 15.5 Å². The average molecular weight is 271 g/mol. The van der Waals surface area contributed by atoms with Crippen molar-refractivity contribution in [1.82, 2.24) is 0 Å². The van der Waals surface area contributed by atoms with Crippen LogP contribution < -0.4 is 4.74 Å². The van der Waals surface area contributed by atoms with Crippen LogP contribution in [0.3, 0.4) is 0 Å². The topological polar surface area (TPSA) is 78.7 Å². The Balaban J connectivity index is 1.93. The Kier molecular flexibility index (Phi) is 3.51. The molecule has 2 rings (SSSR count). The Morgan fingerprint density at radius 3 is 2.89 bits per heavy atom. The fraction of sp³-hybridized carbons (Fsp3) is 0.545. The van der Waals surface area contributed by atoms with Crippen molar-refractivity contribution >= 4 is 22.3 Å². The van der Waals surface area contributed by atoms with E-state index in [4.69, 9.17) is 4.74 Å². The number of ether oxygens (including phenoxy) is 2. The lowest BCUT2D eigenvalue weighted by atomic mass is 10.0. The third-order valence-electron chi connectivity index (χ3n) is 3.01. The van der Waals surface area contributed by atoms with Crippen molar-refractivity contribution in [2.75, 3.05) is 13.7 Å². The van der Waals surface area contributed by atoms with E-state index < -0.39 is 4.92 Å². The number of nitrogens with zero attached hydrogens (tertiary/aromatic N) is 1. The maximum atomic E-state index is 11.2. The van der Waals surface area contributed by atoms with Gasteiger partial charge in [-0.05, 0) is 18.9 Å². The maximum absolute atomic E-state index is 11.2. The summed E-state index contributed by atoms with van der Waals surface area (Å²) in [5, 5.41) is 12.3. The van der Waals surface area contributed by atoms with Crippen LogP contribution in [0.1, 0.15) is 19.3 Å². The molecular formula is C11H13NO5S. The quantitative estimate of drug-likeness (QED) is 0.451. The van der Waals surface area contributed by atoms with Crippen LogP contribution in [0.25, 0.3) is 0 Å². The standard InChI is InChI=1S/C11H13NO5S/c1-16-9(13)6-11(3-4-11)7-17-8-2-5-18-10(8)12(14)15/h2,5H,3-4,6-7H2,1H3. The van der Waals surface area contributed by atoms with Gasteiger partial charge in [-0.2, -0.15) is 0 Å². The van der Waals surface area contributed by atoms with Gasteiger partial charge in [0.2, 0.25) is 5.75 Å². The van der Waals surface area contributed by atoms with Crippen molar-refractivity contribution in [2.45, 2.75) is 19.3 Å². The maximum Gasteiger partial charge on any atom is 0.365 e. The van der Waals surface area contributed by atoms with Gasteiger partial charge in [-0.25, -0.2) is 0 Å². The normalized spacial score (nSPS) is 16.1. The van der Waals surface area contributed by atoms with Crippen LogP contribution in [-0.4, -0.2) is 24.6 Å². The first-order valence-corrected chi connectivity index (χ1v) is 6.36. The Hall–Kier alpha value is -1.63. The van der Waals surface area contributed by atoms with E-state index in [1.54, 1.807) is 11.4 Å². The molecule has 0 saturated heterocycles. The molecule has 0 aromatic carbocycles. The van der Waals surface area contributed by atoms with Crippen LogP contribution in [-0.2, 0) is 9.53 Å². The van der Waals surface area contributed by atoms with Crippen molar-refractivity contribution in [1.29, 1.82) is 0 Å². The Labute approximate surface area is 108 Å². The zero-order valence-corrected chi connectivity index (χ0v) is 10.7. The average Bonchev–Trinajstić information content (AvgIpc) is 2.92. The lowest BCUT2D eigenvalue weighted by Gasteiger charge is -2.13. The van der Waals surface area contributed by atoms with Gasteiger partial charge < -0.3 is 9.47 Å². The van der Waals surface area contributed by atoms with E-state index in [-0.39, 0.29) is 22.1 Å². The highest BCUT2D eigenvalue weighted by atomic mass is 32.1. The first-order valence-electron chi connectivity index (χ1n) is 5.48. The molecule has 7 heteroatoms. The second-order valence-electron chi connectivity index (χ2n) is 4.39. The molecule has 0 unspecified atom stereocenters. The Morgan fingerprint density at radius 2 is 2.33 bits per heavy atom. The van der Waals surface area contributed by atoms with Gasteiger partial charge in [0, 0.05) is 10.8 Å².